The van der Waals surface area contributed by atoms with Crippen LogP contribution in [0.2, 0.25) is 10.0 Å². The number of hydrogen-bond donors (Lipinski definition) is 1. The zero-order valence-electron chi connectivity index (χ0n) is 11.6. The van der Waals surface area contributed by atoms with Crippen molar-refractivity contribution in [3.63, 3.8) is 0 Å². The molecule has 22 heavy (non-hydrogen) atoms. The highest BCUT2D eigenvalue weighted by Gasteiger charge is 2.16. The standard InChI is InChI=1S/C16H12Cl2N2O2/c1-10(22-15-6-5-12(17)8-14(15)18)16(21)20-13-4-2-3-11(7-13)9-19/h2-8,10H,1H3,(H,20,21). The number of carbonyl (C=O) groups excluding carboxylic acids is 1. The minimum atomic E-state index is -0.760. The van der Waals surface area contributed by atoms with Crippen LogP contribution in [0.25, 0.3) is 0 Å². The van der Waals surface area contributed by atoms with Crippen LogP contribution < -0.4 is 10.1 Å². The first-order valence-corrected chi connectivity index (χ1v) is 7.18. The van der Waals surface area contributed by atoms with Gasteiger partial charge >= 0.3 is 0 Å². The Morgan fingerprint density at radius 2 is 2.05 bits per heavy atom. The van der Waals surface area contributed by atoms with Crippen molar-refractivity contribution in [3.05, 3.63) is 58.1 Å². The van der Waals surface area contributed by atoms with Gasteiger partial charge in [-0.1, -0.05) is 29.3 Å². The van der Waals surface area contributed by atoms with Crippen LogP contribution in [0, 0.1) is 11.3 Å². The molecule has 1 unspecified atom stereocenters. The Morgan fingerprint density at radius 1 is 1.27 bits per heavy atom. The molecule has 0 bridgehead atoms. The Morgan fingerprint density at radius 3 is 2.73 bits per heavy atom. The Bertz CT molecular complexity index is 741. The van der Waals surface area contributed by atoms with Crippen LogP contribution in [0.15, 0.2) is 42.5 Å². The van der Waals surface area contributed by atoms with Crippen LogP contribution in [0.4, 0.5) is 5.69 Å². The molecule has 4 nitrogen and oxygen atoms in total. The first-order valence-electron chi connectivity index (χ1n) is 6.42. The fourth-order valence-electron chi connectivity index (χ4n) is 1.73. The summed E-state index contributed by atoms with van der Waals surface area (Å²) in [6.07, 6.45) is -0.760. The molecule has 1 N–H and O–H groups in total. The predicted molar refractivity (Wildman–Crippen MR) is 86.3 cm³/mol. The molecule has 112 valence electrons. The molecule has 0 saturated heterocycles. The molecule has 1 atom stereocenters. The van der Waals surface area contributed by atoms with Crippen molar-refractivity contribution in [2.24, 2.45) is 0 Å². The molecule has 0 spiro atoms. The quantitative estimate of drug-likeness (QED) is 0.907. The molecule has 0 fully saturated rings. The number of hydrogen-bond acceptors (Lipinski definition) is 3. The van der Waals surface area contributed by atoms with Gasteiger partial charge in [0.15, 0.2) is 6.10 Å². The van der Waals surface area contributed by atoms with E-state index in [0.717, 1.165) is 0 Å². The number of rotatable bonds is 4. The van der Waals surface area contributed by atoms with Gasteiger partial charge < -0.3 is 10.1 Å². The second-order valence-electron chi connectivity index (χ2n) is 4.52. The smallest absolute Gasteiger partial charge is 0.265 e. The Hall–Kier alpha value is -2.22. The van der Waals surface area contributed by atoms with Gasteiger partial charge in [0.1, 0.15) is 5.75 Å². The van der Waals surface area contributed by atoms with Gasteiger partial charge in [-0.25, -0.2) is 0 Å². The van der Waals surface area contributed by atoms with E-state index in [2.05, 4.69) is 5.32 Å². The van der Waals surface area contributed by atoms with Crippen LogP contribution in [-0.4, -0.2) is 12.0 Å². The first kappa shape index (κ1) is 16.2. The molecule has 1 amide bonds. The van der Waals surface area contributed by atoms with Crippen molar-refractivity contribution < 1.29 is 9.53 Å². The summed E-state index contributed by atoms with van der Waals surface area (Å²) in [6.45, 7) is 1.61. The molecular formula is C16H12Cl2N2O2. The monoisotopic (exact) mass is 334 g/mol. The van der Waals surface area contributed by atoms with E-state index in [0.29, 0.717) is 27.0 Å². The van der Waals surface area contributed by atoms with Gasteiger partial charge in [-0.05, 0) is 43.3 Å². The van der Waals surface area contributed by atoms with Gasteiger partial charge in [-0.3, -0.25) is 4.79 Å². The van der Waals surface area contributed by atoms with Crippen LogP contribution in [0.1, 0.15) is 12.5 Å². The minimum absolute atomic E-state index is 0.332. The van der Waals surface area contributed by atoms with Crippen molar-refractivity contribution >= 4 is 34.8 Å². The molecular weight excluding hydrogens is 323 g/mol. The van der Waals surface area contributed by atoms with Gasteiger partial charge in [-0.15, -0.1) is 0 Å². The lowest BCUT2D eigenvalue weighted by Crippen LogP contribution is -2.30. The highest BCUT2D eigenvalue weighted by atomic mass is 35.5. The number of amides is 1. The number of halogens is 2. The van der Waals surface area contributed by atoms with Crippen LogP contribution in [0.3, 0.4) is 0 Å². The highest BCUT2D eigenvalue weighted by molar-refractivity contribution is 6.35. The average Bonchev–Trinajstić information content (AvgIpc) is 2.50. The van der Waals surface area contributed by atoms with E-state index in [1.807, 2.05) is 6.07 Å². The zero-order valence-corrected chi connectivity index (χ0v) is 13.2. The SMILES string of the molecule is CC(Oc1ccc(Cl)cc1Cl)C(=O)Nc1cccc(C#N)c1. The third-order valence-electron chi connectivity index (χ3n) is 2.83. The van der Waals surface area contributed by atoms with E-state index in [9.17, 15) is 4.79 Å². The molecule has 2 rings (SSSR count). The summed E-state index contributed by atoms with van der Waals surface area (Å²) in [5, 5.41) is 12.3. The molecule has 0 radical (unpaired) electrons. The minimum Gasteiger partial charge on any atom is -0.479 e. The van der Waals surface area contributed by atoms with Crippen molar-refractivity contribution in [2.75, 3.05) is 5.32 Å². The normalized spacial score (nSPS) is 11.4. The van der Waals surface area contributed by atoms with Crippen molar-refractivity contribution in [3.8, 4) is 11.8 Å². The second-order valence-corrected chi connectivity index (χ2v) is 5.36. The number of carbonyl (C=O) groups is 1. The molecule has 0 saturated carbocycles. The maximum Gasteiger partial charge on any atom is 0.265 e. The van der Waals surface area contributed by atoms with Gasteiger partial charge in [0, 0.05) is 10.7 Å². The van der Waals surface area contributed by atoms with Crippen molar-refractivity contribution in [1.29, 1.82) is 5.26 Å². The first-order chi connectivity index (χ1) is 10.5. The van der Waals surface area contributed by atoms with Gasteiger partial charge in [0.25, 0.3) is 5.91 Å². The summed E-state index contributed by atoms with van der Waals surface area (Å²) in [7, 11) is 0. The predicted octanol–water partition coefficient (Wildman–Crippen LogP) is 4.27. The second kappa shape index (κ2) is 7.17. The number of nitrogens with zero attached hydrogens (tertiary/aromatic N) is 1. The molecule has 0 aromatic heterocycles. The lowest BCUT2D eigenvalue weighted by atomic mass is 10.2. The zero-order chi connectivity index (χ0) is 16.1. The number of nitrogens with one attached hydrogen (secondary N) is 1. The van der Waals surface area contributed by atoms with Crippen LogP contribution in [-0.2, 0) is 4.79 Å². The van der Waals surface area contributed by atoms with Gasteiger partial charge in [0.2, 0.25) is 0 Å². The Labute approximate surface area is 138 Å². The number of nitriles is 1. The maximum atomic E-state index is 12.1. The fraction of sp³-hybridized carbons (Fsp3) is 0.125. The molecule has 2 aromatic rings. The van der Waals surface area contributed by atoms with Gasteiger partial charge in [0.05, 0.1) is 16.7 Å². The van der Waals surface area contributed by atoms with Gasteiger partial charge in [-0.2, -0.15) is 5.26 Å². The highest BCUT2D eigenvalue weighted by Crippen LogP contribution is 2.28. The number of ether oxygens (including phenoxy) is 1. The Balaban J connectivity index is 2.04. The summed E-state index contributed by atoms with van der Waals surface area (Å²) in [5.74, 6) is 0.0283. The molecule has 6 heteroatoms. The number of anilines is 1. The molecule has 0 aliphatic rings. The van der Waals surface area contributed by atoms with Crippen LogP contribution in [0.5, 0.6) is 5.75 Å². The van der Waals surface area contributed by atoms with E-state index in [-0.39, 0.29) is 5.91 Å². The third kappa shape index (κ3) is 4.14. The summed E-state index contributed by atoms with van der Waals surface area (Å²) in [6, 6.07) is 13.4. The molecule has 0 aliphatic carbocycles. The van der Waals surface area contributed by atoms with Crippen LogP contribution >= 0.6 is 23.2 Å². The van der Waals surface area contributed by atoms with E-state index in [1.54, 1.807) is 49.4 Å². The summed E-state index contributed by atoms with van der Waals surface area (Å²) in [5.41, 5.74) is 0.994. The lowest BCUT2D eigenvalue weighted by molar-refractivity contribution is -0.122. The van der Waals surface area contributed by atoms with Crippen molar-refractivity contribution in [2.45, 2.75) is 13.0 Å². The van der Waals surface area contributed by atoms with E-state index in [4.69, 9.17) is 33.2 Å². The average molecular weight is 335 g/mol. The summed E-state index contributed by atoms with van der Waals surface area (Å²) in [4.78, 5) is 12.1. The fourth-order valence-corrected chi connectivity index (χ4v) is 2.18. The topological polar surface area (TPSA) is 62.1 Å². The summed E-state index contributed by atoms with van der Waals surface area (Å²) < 4.78 is 5.52. The molecule has 0 aliphatic heterocycles. The van der Waals surface area contributed by atoms with E-state index >= 15 is 0 Å². The largest absolute Gasteiger partial charge is 0.479 e. The molecule has 0 heterocycles. The van der Waals surface area contributed by atoms with E-state index in [1.165, 1.54) is 0 Å². The summed E-state index contributed by atoms with van der Waals surface area (Å²) >= 11 is 11.8. The third-order valence-corrected chi connectivity index (χ3v) is 3.36. The number of benzene rings is 2. The van der Waals surface area contributed by atoms with Crippen molar-refractivity contribution in [1.82, 2.24) is 0 Å². The Kier molecular flexibility index (Phi) is 5.26. The van der Waals surface area contributed by atoms with E-state index < -0.39 is 6.10 Å². The maximum absolute atomic E-state index is 12.1. The molecule has 2 aromatic carbocycles. The lowest BCUT2D eigenvalue weighted by Gasteiger charge is -2.15.